The molecular formula is C26H34ClF3N6O6S. The molecule has 0 aliphatic carbocycles. The summed E-state index contributed by atoms with van der Waals surface area (Å²) >= 11 is 0. The summed E-state index contributed by atoms with van der Waals surface area (Å²) < 4.78 is 77.8. The minimum absolute atomic E-state index is 0. The number of hydrogen-bond acceptors (Lipinski definition) is 11. The van der Waals surface area contributed by atoms with E-state index >= 15 is 0 Å². The van der Waals surface area contributed by atoms with E-state index < -0.39 is 20.9 Å². The summed E-state index contributed by atoms with van der Waals surface area (Å²) in [5.41, 5.74) is 2.57. The molecule has 43 heavy (non-hydrogen) atoms. The number of hydrogen-bond donors (Lipinski definition) is 2. The van der Waals surface area contributed by atoms with Crippen LogP contribution in [0, 0.1) is 0 Å². The van der Waals surface area contributed by atoms with E-state index in [1.54, 1.807) is 19.2 Å². The van der Waals surface area contributed by atoms with E-state index in [1.165, 1.54) is 41.2 Å². The molecule has 12 nitrogen and oxygen atoms in total. The molecule has 1 saturated heterocycles. The van der Waals surface area contributed by atoms with Crippen LogP contribution in [-0.4, -0.2) is 96.3 Å². The first kappa shape index (κ1) is 34.5. The van der Waals surface area contributed by atoms with E-state index in [9.17, 15) is 26.8 Å². The number of methoxy groups -OCH3 is 1. The number of tetrazole rings is 1. The number of sulfone groups is 1. The van der Waals surface area contributed by atoms with Crippen molar-refractivity contribution in [1.29, 1.82) is 0 Å². The van der Waals surface area contributed by atoms with Crippen LogP contribution in [0.25, 0.3) is 11.4 Å². The van der Waals surface area contributed by atoms with Crippen LogP contribution in [0.4, 0.5) is 13.2 Å². The lowest BCUT2D eigenvalue weighted by Crippen LogP contribution is -2.54. The van der Waals surface area contributed by atoms with Crippen molar-refractivity contribution in [3.8, 4) is 22.9 Å². The van der Waals surface area contributed by atoms with E-state index in [0.29, 0.717) is 63.4 Å². The molecule has 1 aliphatic heterocycles. The molecule has 0 unspecified atom stereocenters. The summed E-state index contributed by atoms with van der Waals surface area (Å²) in [6.07, 6.45) is -3.51. The Kier molecular flexibility index (Phi) is 12.1. The first-order valence-electron chi connectivity index (χ1n) is 13.2. The molecule has 238 valence electrons. The van der Waals surface area contributed by atoms with E-state index in [2.05, 4.69) is 30.5 Å². The number of halogens is 4. The van der Waals surface area contributed by atoms with Crippen molar-refractivity contribution in [2.75, 3.05) is 46.5 Å². The van der Waals surface area contributed by atoms with Gasteiger partial charge in [-0.25, -0.2) is 13.9 Å². The predicted molar refractivity (Wildman–Crippen MR) is 151 cm³/mol. The maximum atomic E-state index is 13.6. The first-order valence-corrected chi connectivity index (χ1v) is 14.7. The Morgan fingerprint density at radius 3 is 2.26 bits per heavy atom. The molecule has 1 aliphatic rings. The summed E-state index contributed by atoms with van der Waals surface area (Å²) in [6, 6.07) is 11.4. The van der Waals surface area contributed by atoms with Crippen LogP contribution in [0.1, 0.15) is 19.3 Å². The number of nitrogens with zero attached hydrogens (tertiary/aromatic N) is 5. The van der Waals surface area contributed by atoms with Gasteiger partial charge in [-0.15, -0.1) is 35.8 Å². The van der Waals surface area contributed by atoms with Crippen molar-refractivity contribution in [1.82, 2.24) is 30.6 Å². The zero-order valence-electron chi connectivity index (χ0n) is 23.4. The van der Waals surface area contributed by atoms with Gasteiger partial charge in [0.15, 0.2) is 9.84 Å². The van der Waals surface area contributed by atoms with Gasteiger partial charge in [-0.3, -0.25) is 0 Å². The van der Waals surface area contributed by atoms with Gasteiger partial charge < -0.3 is 24.3 Å². The van der Waals surface area contributed by atoms with Gasteiger partial charge in [-0.2, -0.15) is 4.80 Å². The van der Waals surface area contributed by atoms with E-state index in [4.69, 9.17) is 9.47 Å². The third-order valence-electron chi connectivity index (χ3n) is 7.05. The number of benzene rings is 2. The lowest BCUT2D eigenvalue weighted by Gasteiger charge is -2.40. The highest BCUT2D eigenvalue weighted by molar-refractivity contribution is 7.92. The fourth-order valence-electron chi connectivity index (χ4n) is 4.71. The average molecular weight is 651 g/mol. The molecule has 1 aromatic heterocycles. The Morgan fingerprint density at radius 2 is 1.65 bits per heavy atom. The molecule has 0 radical (unpaired) electrons. The molecule has 4 rings (SSSR count). The molecule has 0 saturated carbocycles. The quantitative estimate of drug-likeness (QED) is 0.196. The highest BCUT2D eigenvalue weighted by Crippen LogP contribution is 2.36. The average Bonchev–Trinajstić information content (AvgIpc) is 3.44. The molecule has 1 fully saturated rings. The normalized spacial score (nSPS) is 15.6. The number of aryl methyl sites for hydroxylation is 1. The molecule has 2 N–H and O–H groups in total. The van der Waals surface area contributed by atoms with Crippen molar-refractivity contribution in [3.05, 3.63) is 48.5 Å². The Labute approximate surface area is 253 Å². The zero-order valence-corrected chi connectivity index (χ0v) is 25.0. The third-order valence-corrected chi connectivity index (χ3v) is 9.64. The van der Waals surface area contributed by atoms with E-state index in [-0.39, 0.29) is 35.4 Å². The van der Waals surface area contributed by atoms with Crippen LogP contribution in [0.5, 0.6) is 11.5 Å². The Bertz CT molecular complexity index is 1390. The second-order valence-corrected chi connectivity index (χ2v) is 12.2. The monoisotopic (exact) mass is 650 g/mol. The number of hydroxylamine groups is 1. The first-order chi connectivity index (χ1) is 20.0. The van der Waals surface area contributed by atoms with Gasteiger partial charge in [0.1, 0.15) is 11.5 Å². The Morgan fingerprint density at radius 1 is 1.00 bits per heavy atom. The highest BCUT2D eigenvalue weighted by atomic mass is 35.5. The molecule has 17 heteroatoms. The van der Waals surface area contributed by atoms with Gasteiger partial charge in [0.2, 0.25) is 5.82 Å². The SMILES string of the molecule is COCCN1CCC(CNO)(S(=O)(=O)c2ccc(OCCCn3nnc(-c4ccc(OC(F)(F)F)cc4)n3)cc2)CC1.Cl. The van der Waals surface area contributed by atoms with Crippen molar-refractivity contribution in [2.45, 2.75) is 41.8 Å². The summed E-state index contributed by atoms with van der Waals surface area (Å²) in [7, 11) is -2.13. The Hall–Kier alpha value is -3.02. The number of piperidine rings is 1. The standard InChI is InChI=1S/C26H33F3N6O6S.ClH/c1-39-18-16-34-14-11-25(12-15-34,19-30-36)42(37,38)23-9-7-21(8-10-23)40-17-2-13-35-32-24(31-33-35)20-3-5-22(6-4-20)41-26(27,28)29;/h3-10,30,36H,2,11-19H2,1H3;1H. The van der Waals surface area contributed by atoms with Crippen molar-refractivity contribution in [2.24, 2.45) is 0 Å². The smallest absolute Gasteiger partial charge is 0.494 e. The van der Waals surface area contributed by atoms with Gasteiger partial charge in [-0.1, -0.05) is 0 Å². The van der Waals surface area contributed by atoms with Crippen LogP contribution in [-0.2, 0) is 21.1 Å². The van der Waals surface area contributed by atoms with Gasteiger partial charge in [0.25, 0.3) is 0 Å². The topological polar surface area (TPSA) is 141 Å². The van der Waals surface area contributed by atoms with Gasteiger partial charge >= 0.3 is 6.36 Å². The third kappa shape index (κ3) is 9.00. The maximum absolute atomic E-state index is 13.6. The molecule has 3 aromatic rings. The number of alkyl halides is 3. The maximum Gasteiger partial charge on any atom is 0.573 e. The molecular weight excluding hydrogens is 617 g/mol. The highest BCUT2D eigenvalue weighted by Gasteiger charge is 2.46. The summed E-state index contributed by atoms with van der Waals surface area (Å²) in [6.45, 7) is 3.04. The van der Waals surface area contributed by atoms with Crippen molar-refractivity contribution >= 4 is 22.2 Å². The van der Waals surface area contributed by atoms with Crippen LogP contribution in [0.3, 0.4) is 0 Å². The largest absolute Gasteiger partial charge is 0.573 e. The van der Waals surface area contributed by atoms with Crippen LogP contribution in [0.2, 0.25) is 0 Å². The summed E-state index contributed by atoms with van der Waals surface area (Å²) in [5.74, 6) is 0.398. The van der Waals surface area contributed by atoms with Crippen LogP contribution >= 0.6 is 12.4 Å². The lowest BCUT2D eigenvalue weighted by molar-refractivity contribution is -0.274. The van der Waals surface area contributed by atoms with Gasteiger partial charge in [0.05, 0.1) is 29.4 Å². The van der Waals surface area contributed by atoms with Gasteiger partial charge in [0, 0.05) is 32.2 Å². The molecule has 0 spiro atoms. The lowest BCUT2D eigenvalue weighted by atomic mass is 9.96. The number of likely N-dealkylation sites (tertiary alicyclic amines) is 1. The minimum Gasteiger partial charge on any atom is -0.494 e. The number of rotatable bonds is 14. The molecule has 0 atom stereocenters. The molecule has 2 aromatic carbocycles. The summed E-state index contributed by atoms with van der Waals surface area (Å²) in [4.78, 5) is 3.66. The molecule has 0 bridgehead atoms. The number of nitrogens with one attached hydrogen (secondary N) is 1. The van der Waals surface area contributed by atoms with Gasteiger partial charge in [-0.05, 0) is 79.7 Å². The minimum atomic E-state index is -4.77. The molecule has 2 heterocycles. The second-order valence-electron chi connectivity index (χ2n) is 9.81. The van der Waals surface area contributed by atoms with Crippen molar-refractivity contribution in [3.63, 3.8) is 0 Å². The molecule has 0 amide bonds. The van der Waals surface area contributed by atoms with Crippen molar-refractivity contribution < 1.29 is 41.0 Å². The number of aromatic nitrogens is 4. The van der Waals surface area contributed by atoms with Crippen LogP contribution < -0.4 is 15.0 Å². The second kappa shape index (κ2) is 15.1. The van der Waals surface area contributed by atoms with E-state index in [1.807, 2.05) is 0 Å². The Balaban J connectivity index is 0.00000506. The predicted octanol–water partition coefficient (Wildman–Crippen LogP) is 3.36. The van der Waals surface area contributed by atoms with Crippen LogP contribution in [0.15, 0.2) is 53.4 Å². The fourth-order valence-corrected chi connectivity index (χ4v) is 6.68. The van der Waals surface area contributed by atoms with E-state index in [0.717, 1.165) is 6.54 Å². The summed E-state index contributed by atoms with van der Waals surface area (Å²) in [5, 5.41) is 21.5. The zero-order chi connectivity index (χ0) is 30.2. The fraction of sp³-hybridized carbons (Fsp3) is 0.500. The number of ether oxygens (including phenoxy) is 3.